The van der Waals surface area contributed by atoms with E-state index in [1.807, 2.05) is 0 Å². The fourth-order valence-electron chi connectivity index (χ4n) is 1.13. The quantitative estimate of drug-likeness (QED) is 0.537. The highest BCUT2D eigenvalue weighted by molar-refractivity contribution is 6.33. The van der Waals surface area contributed by atoms with E-state index in [2.05, 4.69) is 9.98 Å². The summed E-state index contributed by atoms with van der Waals surface area (Å²) >= 11 is 5.64. The third kappa shape index (κ3) is 3.52. The second-order valence-corrected chi connectivity index (χ2v) is 3.55. The van der Waals surface area contributed by atoms with Gasteiger partial charge in [0, 0.05) is 0 Å². The minimum absolute atomic E-state index is 0.210. The zero-order chi connectivity index (χ0) is 13.9. The molecule has 6 N–H and O–H groups in total. The molecular formula is C9H9ClF3N5. The maximum absolute atomic E-state index is 12.7. The van der Waals surface area contributed by atoms with Gasteiger partial charge in [-0.05, 0) is 12.1 Å². The van der Waals surface area contributed by atoms with Gasteiger partial charge in [-0.1, -0.05) is 17.7 Å². The molecule has 0 aliphatic rings. The van der Waals surface area contributed by atoms with Crippen molar-refractivity contribution in [3.63, 3.8) is 0 Å². The van der Waals surface area contributed by atoms with Crippen molar-refractivity contribution in [1.29, 1.82) is 0 Å². The van der Waals surface area contributed by atoms with Crippen molar-refractivity contribution in [3.05, 3.63) is 28.8 Å². The number of rotatable bonds is 1. The average Bonchev–Trinajstić information content (AvgIpc) is 2.18. The molecule has 0 saturated heterocycles. The summed E-state index contributed by atoms with van der Waals surface area (Å²) in [5.41, 5.74) is 13.7. The highest BCUT2D eigenvalue weighted by atomic mass is 35.5. The maximum atomic E-state index is 12.7. The van der Waals surface area contributed by atoms with Crippen molar-refractivity contribution < 1.29 is 13.2 Å². The van der Waals surface area contributed by atoms with Crippen LogP contribution in [-0.4, -0.2) is 11.9 Å². The molecule has 0 fully saturated rings. The van der Waals surface area contributed by atoms with E-state index in [0.717, 1.165) is 12.1 Å². The lowest BCUT2D eigenvalue weighted by atomic mass is 10.2. The first-order chi connectivity index (χ1) is 8.21. The third-order valence-electron chi connectivity index (χ3n) is 1.76. The standard InChI is InChI=1S/C9H9ClF3N5/c10-5-3-1-2-4(9(11,12)13)6(5)17-8(16)18-7(14)15/h1-3H,(H6,14,15,16,17,18). The van der Waals surface area contributed by atoms with E-state index in [1.165, 1.54) is 6.07 Å². The fraction of sp³-hybridized carbons (Fsp3) is 0.111. The number of aliphatic imine (C=N–C) groups is 2. The lowest BCUT2D eigenvalue weighted by molar-refractivity contribution is -0.137. The molecule has 0 spiro atoms. The van der Waals surface area contributed by atoms with Gasteiger partial charge in [0.1, 0.15) is 0 Å². The predicted octanol–water partition coefficient (Wildman–Crippen LogP) is 1.58. The zero-order valence-corrected chi connectivity index (χ0v) is 9.63. The topological polar surface area (TPSA) is 103 Å². The molecule has 98 valence electrons. The van der Waals surface area contributed by atoms with E-state index in [0.29, 0.717) is 0 Å². The molecule has 0 amide bonds. The Labute approximate surface area is 105 Å². The highest BCUT2D eigenvalue weighted by Crippen LogP contribution is 2.40. The van der Waals surface area contributed by atoms with Crippen molar-refractivity contribution in [3.8, 4) is 0 Å². The Morgan fingerprint density at radius 2 is 1.78 bits per heavy atom. The van der Waals surface area contributed by atoms with Gasteiger partial charge in [-0.3, -0.25) is 0 Å². The molecule has 0 unspecified atom stereocenters. The van der Waals surface area contributed by atoms with Crippen molar-refractivity contribution in [2.75, 3.05) is 0 Å². The van der Waals surface area contributed by atoms with E-state index in [1.54, 1.807) is 0 Å². The molecule has 0 aliphatic heterocycles. The van der Waals surface area contributed by atoms with Gasteiger partial charge in [0.05, 0.1) is 16.3 Å². The number of benzene rings is 1. The first-order valence-corrected chi connectivity index (χ1v) is 4.89. The maximum Gasteiger partial charge on any atom is 0.418 e. The van der Waals surface area contributed by atoms with Crippen LogP contribution in [0.5, 0.6) is 0 Å². The number of nitrogens with two attached hydrogens (primary N) is 3. The van der Waals surface area contributed by atoms with Gasteiger partial charge in [0.25, 0.3) is 0 Å². The van der Waals surface area contributed by atoms with Crippen LogP contribution < -0.4 is 17.2 Å². The summed E-state index contributed by atoms with van der Waals surface area (Å²) in [6.07, 6.45) is -4.61. The van der Waals surface area contributed by atoms with E-state index in [-0.39, 0.29) is 5.02 Å². The van der Waals surface area contributed by atoms with Crippen LogP contribution in [0.3, 0.4) is 0 Å². The minimum Gasteiger partial charge on any atom is -0.370 e. The lowest BCUT2D eigenvalue weighted by Crippen LogP contribution is -2.26. The Morgan fingerprint density at radius 1 is 1.17 bits per heavy atom. The number of hydrogen-bond donors (Lipinski definition) is 3. The number of nitrogens with zero attached hydrogens (tertiary/aromatic N) is 2. The van der Waals surface area contributed by atoms with E-state index < -0.39 is 29.3 Å². The SMILES string of the molecule is NC(N)=NC(N)=Nc1c(Cl)cccc1C(F)(F)F. The summed E-state index contributed by atoms with van der Waals surface area (Å²) < 4.78 is 38.1. The summed E-state index contributed by atoms with van der Waals surface area (Å²) in [7, 11) is 0. The van der Waals surface area contributed by atoms with Crippen LogP contribution in [0.2, 0.25) is 5.02 Å². The molecule has 18 heavy (non-hydrogen) atoms. The Morgan fingerprint density at radius 3 is 2.28 bits per heavy atom. The minimum atomic E-state index is -4.61. The van der Waals surface area contributed by atoms with Crippen molar-refractivity contribution in [1.82, 2.24) is 0 Å². The zero-order valence-electron chi connectivity index (χ0n) is 8.87. The molecule has 0 atom stereocenters. The van der Waals surface area contributed by atoms with Gasteiger partial charge >= 0.3 is 6.18 Å². The normalized spacial score (nSPS) is 12.3. The van der Waals surface area contributed by atoms with E-state index in [4.69, 9.17) is 28.8 Å². The fourth-order valence-corrected chi connectivity index (χ4v) is 1.35. The molecule has 1 aromatic rings. The lowest BCUT2D eigenvalue weighted by Gasteiger charge is -2.10. The molecule has 0 radical (unpaired) electrons. The monoisotopic (exact) mass is 279 g/mol. The van der Waals surface area contributed by atoms with Crippen molar-refractivity contribution in [2.45, 2.75) is 6.18 Å². The van der Waals surface area contributed by atoms with Gasteiger partial charge in [0.15, 0.2) is 5.96 Å². The Balaban J connectivity index is 3.36. The second kappa shape index (κ2) is 5.13. The highest BCUT2D eigenvalue weighted by Gasteiger charge is 2.34. The summed E-state index contributed by atoms with van der Waals surface area (Å²) in [5, 5.41) is -0.210. The molecule has 0 saturated carbocycles. The Bertz CT molecular complexity index is 505. The van der Waals surface area contributed by atoms with Crippen LogP contribution >= 0.6 is 11.6 Å². The summed E-state index contributed by atoms with van der Waals surface area (Å²) in [5.74, 6) is -0.939. The summed E-state index contributed by atoms with van der Waals surface area (Å²) in [4.78, 5) is 6.77. The molecule has 0 bridgehead atoms. The van der Waals surface area contributed by atoms with Gasteiger partial charge in [0.2, 0.25) is 5.96 Å². The third-order valence-corrected chi connectivity index (χ3v) is 2.07. The number of alkyl halides is 3. The Kier molecular flexibility index (Phi) is 4.02. The molecule has 0 aromatic heterocycles. The Hall–Kier alpha value is -1.96. The van der Waals surface area contributed by atoms with Crippen LogP contribution in [0.25, 0.3) is 0 Å². The van der Waals surface area contributed by atoms with Crippen LogP contribution in [0.15, 0.2) is 28.2 Å². The largest absolute Gasteiger partial charge is 0.418 e. The van der Waals surface area contributed by atoms with Crippen molar-refractivity contribution >= 4 is 29.2 Å². The van der Waals surface area contributed by atoms with Gasteiger partial charge in [-0.15, -0.1) is 0 Å². The van der Waals surface area contributed by atoms with E-state index in [9.17, 15) is 13.2 Å². The van der Waals surface area contributed by atoms with Crippen LogP contribution in [0.4, 0.5) is 18.9 Å². The molecule has 0 aliphatic carbocycles. The molecule has 5 nitrogen and oxygen atoms in total. The molecule has 1 aromatic carbocycles. The van der Waals surface area contributed by atoms with Gasteiger partial charge in [-0.2, -0.15) is 18.2 Å². The summed E-state index contributed by atoms with van der Waals surface area (Å²) in [6.45, 7) is 0. The molecular weight excluding hydrogens is 271 g/mol. The molecule has 1 rings (SSSR count). The number of para-hydroxylation sites is 1. The van der Waals surface area contributed by atoms with Crippen LogP contribution in [-0.2, 0) is 6.18 Å². The van der Waals surface area contributed by atoms with Gasteiger partial charge < -0.3 is 17.2 Å². The number of hydrogen-bond acceptors (Lipinski definition) is 1. The first-order valence-electron chi connectivity index (χ1n) is 4.51. The summed E-state index contributed by atoms with van der Waals surface area (Å²) in [6, 6.07) is 3.23. The average molecular weight is 280 g/mol. The molecule has 0 heterocycles. The number of halogens is 4. The molecule has 9 heteroatoms. The van der Waals surface area contributed by atoms with Gasteiger partial charge in [-0.25, -0.2) is 4.99 Å². The van der Waals surface area contributed by atoms with Crippen LogP contribution in [0, 0.1) is 0 Å². The van der Waals surface area contributed by atoms with Crippen LogP contribution in [0.1, 0.15) is 5.56 Å². The first kappa shape index (κ1) is 14.1. The predicted molar refractivity (Wildman–Crippen MR) is 63.5 cm³/mol. The second-order valence-electron chi connectivity index (χ2n) is 3.14. The van der Waals surface area contributed by atoms with E-state index >= 15 is 0 Å². The smallest absolute Gasteiger partial charge is 0.370 e. The number of guanidine groups is 2. The van der Waals surface area contributed by atoms with Crippen molar-refractivity contribution in [2.24, 2.45) is 27.2 Å².